The molecule has 1 aliphatic heterocycles. The van der Waals surface area contributed by atoms with E-state index in [0.717, 1.165) is 0 Å². The van der Waals surface area contributed by atoms with Crippen LogP contribution in [0.25, 0.3) is 0 Å². The molecule has 0 saturated heterocycles. The Morgan fingerprint density at radius 1 is 1.40 bits per heavy atom. The van der Waals surface area contributed by atoms with Gasteiger partial charge >= 0.3 is 6.09 Å². The molecular formula is C8H6ClNO4S. The van der Waals surface area contributed by atoms with Gasteiger partial charge in [0.1, 0.15) is 4.90 Å². The highest BCUT2D eigenvalue weighted by Crippen LogP contribution is 2.32. The number of hydrogen-bond donors (Lipinski definition) is 1. The van der Waals surface area contributed by atoms with Crippen LogP contribution in [0.3, 0.4) is 0 Å². The van der Waals surface area contributed by atoms with Crippen LogP contribution >= 0.6 is 10.7 Å². The number of amides is 1. The minimum atomic E-state index is -3.90. The molecule has 1 aliphatic rings. The van der Waals surface area contributed by atoms with Gasteiger partial charge in [0.25, 0.3) is 9.05 Å². The summed E-state index contributed by atoms with van der Waals surface area (Å²) in [7, 11) is 1.30. The number of hydrogen-bond acceptors (Lipinski definition) is 4. The van der Waals surface area contributed by atoms with Crippen molar-refractivity contribution < 1.29 is 17.9 Å². The van der Waals surface area contributed by atoms with Crippen molar-refractivity contribution in [1.29, 1.82) is 0 Å². The fourth-order valence-corrected chi connectivity index (χ4v) is 2.30. The van der Waals surface area contributed by atoms with Gasteiger partial charge in [0.05, 0.1) is 0 Å². The molecule has 1 heterocycles. The largest absolute Gasteiger partial charge is 0.412 e. The molecule has 1 aromatic carbocycles. The summed E-state index contributed by atoms with van der Waals surface area (Å²) in [5.74, 6) is 0.0104. The first-order valence-corrected chi connectivity index (χ1v) is 6.31. The topological polar surface area (TPSA) is 72.5 Å². The van der Waals surface area contributed by atoms with E-state index in [1.165, 1.54) is 12.1 Å². The fourth-order valence-electron chi connectivity index (χ4n) is 1.30. The first-order valence-electron chi connectivity index (χ1n) is 4.01. The van der Waals surface area contributed by atoms with E-state index in [4.69, 9.17) is 15.4 Å². The summed E-state index contributed by atoms with van der Waals surface area (Å²) in [5, 5.41) is 2.42. The van der Waals surface area contributed by atoms with E-state index in [1.54, 1.807) is 6.07 Å². The normalized spacial score (nSPS) is 15.1. The Balaban J connectivity index is 2.64. The summed E-state index contributed by atoms with van der Waals surface area (Å²) in [5.41, 5.74) is 0.580. The maximum Gasteiger partial charge on any atom is 0.412 e. The van der Waals surface area contributed by atoms with Crippen LogP contribution in [0.15, 0.2) is 23.1 Å². The maximum atomic E-state index is 11.2. The summed E-state index contributed by atoms with van der Waals surface area (Å²) in [4.78, 5) is 10.7. The van der Waals surface area contributed by atoms with Crippen molar-refractivity contribution >= 4 is 25.8 Å². The number of fused-ring (bicyclic) bond motifs is 1. The molecule has 15 heavy (non-hydrogen) atoms. The van der Waals surface area contributed by atoms with Gasteiger partial charge in [0.15, 0.2) is 5.75 Å². The summed E-state index contributed by atoms with van der Waals surface area (Å²) >= 11 is 0. The van der Waals surface area contributed by atoms with Gasteiger partial charge in [-0.2, -0.15) is 0 Å². The minimum absolute atomic E-state index is 0.0104. The maximum absolute atomic E-state index is 11.2. The molecule has 2 rings (SSSR count). The van der Waals surface area contributed by atoms with E-state index in [-0.39, 0.29) is 17.2 Å². The number of halogens is 1. The SMILES string of the molecule is O=C1NCc2cccc(S(=O)(=O)Cl)c2O1. The predicted octanol–water partition coefficient (Wildman–Crippen LogP) is 1.22. The van der Waals surface area contributed by atoms with Crippen molar-refractivity contribution in [2.45, 2.75) is 11.4 Å². The fraction of sp³-hybridized carbons (Fsp3) is 0.125. The minimum Gasteiger partial charge on any atom is -0.409 e. The Labute approximate surface area is 90.4 Å². The summed E-state index contributed by atoms with van der Waals surface area (Å²) in [6, 6.07) is 4.48. The highest BCUT2D eigenvalue weighted by atomic mass is 35.7. The van der Waals surface area contributed by atoms with Crippen molar-refractivity contribution in [2.24, 2.45) is 0 Å². The van der Waals surface area contributed by atoms with Crippen LogP contribution in [0, 0.1) is 0 Å². The zero-order valence-corrected chi connectivity index (χ0v) is 8.93. The number of ether oxygens (including phenoxy) is 1. The van der Waals surface area contributed by atoms with Gasteiger partial charge < -0.3 is 10.1 Å². The third-order valence-corrected chi connectivity index (χ3v) is 3.29. The Morgan fingerprint density at radius 3 is 2.80 bits per heavy atom. The van der Waals surface area contributed by atoms with Crippen molar-refractivity contribution in [3.8, 4) is 5.75 Å². The van der Waals surface area contributed by atoms with Crippen molar-refractivity contribution in [3.63, 3.8) is 0 Å². The molecule has 0 spiro atoms. The smallest absolute Gasteiger partial charge is 0.409 e. The van der Waals surface area contributed by atoms with Gasteiger partial charge in [0, 0.05) is 22.8 Å². The van der Waals surface area contributed by atoms with Gasteiger partial charge in [-0.25, -0.2) is 13.2 Å². The second-order valence-corrected chi connectivity index (χ2v) is 5.46. The summed E-state index contributed by atoms with van der Waals surface area (Å²) in [6.07, 6.45) is -0.685. The Hall–Kier alpha value is -1.27. The van der Waals surface area contributed by atoms with Gasteiger partial charge in [-0.15, -0.1) is 0 Å². The van der Waals surface area contributed by atoms with E-state index < -0.39 is 15.1 Å². The quantitative estimate of drug-likeness (QED) is 0.758. The molecule has 5 nitrogen and oxygen atoms in total. The third kappa shape index (κ3) is 1.91. The van der Waals surface area contributed by atoms with Crippen LogP contribution in [0.4, 0.5) is 4.79 Å². The average molecular weight is 248 g/mol. The number of nitrogens with one attached hydrogen (secondary N) is 1. The van der Waals surface area contributed by atoms with Gasteiger partial charge in [-0.3, -0.25) is 0 Å². The lowest BCUT2D eigenvalue weighted by Crippen LogP contribution is -2.31. The predicted molar refractivity (Wildman–Crippen MR) is 52.3 cm³/mol. The highest BCUT2D eigenvalue weighted by Gasteiger charge is 2.25. The molecule has 0 radical (unpaired) electrons. The van der Waals surface area contributed by atoms with Gasteiger partial charge in [0.2, 0.25) is 0 Å². The zero-order valence-electron chi connectivity index (χ0n) is 7.36. The van der Waals surface area contributed by atoms with Crippen LogP contribution in [0.5, 0.6) is 5.75 Å². The average Bonchev–Trinajstić information content (AvgIpc) is 2.15. The molecule has 0 fully saturated rings. The van der Waals surface area contributed by atoms with E-state index in [1.807, 2.05) is 0 Å². The van der Waals surface area contributed by atoms with Gasteiger partial charge in [-0.05, 0) is 6.07 Å². The first-order chi connectivity index (χ1) is 6.98. The van der Waals surface area contributed by atoms with Crippen LogP contribution in [-0.4, -0.2) is 14.5 Å². The number of carbonyl (C=O) groups excluding carboxylic acids is 1. The summed E-state index contributed by atoms with van der Waals surface area (Å²) < 4.78 is 27.1. The van der Waals surface area contributed by atoms with E-state index in [9.17, 15) is 13.2 Å². The van der Waals surface area contributed by atoms with Crippen LogP contribution in [-0.2, 0) is 15.6 Å². The third-order valence-electron chi connectivity index (χ3n) is 1.94. The van der Waals surface area contributed by atoms with Crippen LogP contribution < -0.4 is 10.1 Å². The number of para-hydroxylation sites is 1. The van der Waals surface area contributed by atoms with Crippen LogP contribution in [0.1, 0.15) is 5.56 Å². The first kappa shape index (κ1) is 10.3. The molecule has 80 valence electrons. The number of benzene rings is 1. The molecule has 7 heteroatoms. The Bertz CT molecular complexity index is 525. The number of carbonyl (C=O) groups is 1. The van der Waals surface area contributed by atoms with Crippen molar-refractivity contribution in [3.05, 3.63) is 23.8 Å². The molecule has 0 unspecified atom stereocenters. The molecule has 0 saturated carbocycles. The van der Waals surface area contributed by atoms with Crippen molar-refractivity contribution in [1.82, 2.24) is 5.32 Å². The lowest BCUT2D eigenvalue weighted by Gasteiger charge is -2.18. The van der Waals surface area contributed by atoms with E-state index in [0.29, 0.717) is 5.56 Å². The molecule has 1 amide bonds. The molecule has 1 aromatic rings. The Morgan fingerprint density at radius 2 is 2.13 bits per heavy atom. The summed E-state index contributed by atoms with van der Waals surface area (Å²) in [6.45, 7) is 0.231. The second-order valence-electron chi connectivity index (χ2n) is 2.93. The second kappa shape index (κ2) is 3.39. The molecule has 1 N–H and O–H groups in total. The molecule has 0 atom stereocenters. The molecular weight excluding hydrogens is 242 g/mol. The van der Waals surface area contributed by atoms with Crippen LogP contribution in [0.2, 0.25) is 0 Å². The van der Waals surface area contributed by atoms with E-state index >= 15 is 0 Å². The zero-order chi connectivity index (χ0) is 11.1. The standard InChI is InChI=1S/C8H6ClNO4S/c9-15(12,13)6-3-1-2-5-4-10-8(11)14-7(5)6/h1-3H,4H2,(H,10,11). The van der Waals surface area contributed by atoms with Gasteiger partial charge in [-0.1, -0.05) is 12.1 Å². The molecule has 0 bridgehead atoms. The number of rotatable bonds is 1. The van der Waals surface area contributed by atoms with E-state index in [2.05, 4.69) is 5.32 Å². The molecule has 0 aliphatic carbocycles. The highest BCUT2D eigenvalue weighted by molar-refractivity contribution is 8.13. The lowest BCUT2D eigenvalue weighted by molar-refractivity contribution is 0.193. The van der Waals surface area contributed by atoms with Crippen molar-refractivity contribution in [2.75, 3.05) is 0 Å². The molecule has 0 aromatic heterocycles. The lowest BCUT2D eigenvalue weighted by atomic mass is 10.2. The Kier molecular flexibility index (Phi) is 2.32. The monoisotopic (exact) mass is 247 g/mol.